The number of carbonyl (C=O) groups excluding carboxylic acids is 1. The Hall–Kier alpha value is -1.63. The SMILES string of the molecule is COCC(O)CN(C)C(=O)Nc1cccc(C(C)O)c1. The fourth-order valence-corrected chi connectivity index (χ4v) is 1.74. The number of carbonyl (C=O) groups is 1. The number of benzene rings is 1. The molecule has 0 aliphatic carbocycles. The number of rotatable bonds is 6. The molecule has 1 rings (SSSR count). The number of aliphatic hydroxyl groups excluding tert-OH is 2. The van der Waals surface area contributed by atoms with E-state index in [1.54, 1.807) is 38.2 Å². The standard InChI is InChI=1S/C14H22N2O4/c1-10(17)11-5-4-6-12(7-11)15-14(19)16(2)8-13(18)9-20-3/h4-7,10,13,17-18H,8-9H2,1-3H3,(H,15,19). The lowest BCUT2D eigenvalue weighted by molar-refractivity contribution is 0.0501. The van der Waals surface area contributed by atoms with Gasteiger partial charge in [-0.3, -0.25) is 0 Å². The van der Waals surface area contributed by atoms with Gasteiger partial charge in [-0.15, -0.1) is 0 Å². The number of anilines is 1. The molecule has 0 aliphatic heterocycles. The summed E-state index contributed by atoms with van der Waals surface area (Å²) in [5, 5.41) is 21.8. The van der Waals surface area contributed by atoms with Crippen molar-refractivity contribution in [3.8, 4) is 0 Å². The van der Waals surface area contributed by atoms with Gasteiger partial charge in [0.15, 0.2) is 0 Å². The highest BCUT2D eigenvalue weighted by Crippen LogP contribution is 2.17. The molecule has 0 saturated carbocycles. The lowest BCUT2D eigenvalue weighted by Gasteiger charge is -2.21. The van der Waals surface area contributed by atoms with Crippen LogP contribution in [0, 0.1) is 0 Å². The zero-order valence-corrected chi connectivity index (χ0v) is 12.0. The third-order valence-corrected chi connectivity index (χ3v) is 2.81. The molecular weight excluding hydrogens is 260 g/mol. The molecule has 2 amide bonds. The van der Waals surface area contributed by atoms with E-state index >= 15 is 0 Å². The predicted molar refractivity (Wildman–Crippen MR) is 76.6 cm³/mol. The van der Waals surface area contributed by atoms with Crippen molar-refractivity contribution in [1.29, 1.82) is 0 Å². The number of hydrogen-bond acceptors (Lipinski definition) is 4. The lowest BCUT2D eigenvalue weighted by Crippen LogP contribution is -2.38. The first-order valence-electron chi connectivity index (χ1n) is 6.41. The van der Waals surface area contributed by atoms with E-state index in [2.05, 4.69) is 5.32 Å². The van der Waals surface area contributed by atoms with Crippen LogP contribution in [0.4, 0.5) is 10.5 Å². The molecule has 0 bridgehead atoms. The first-order valence-corrected chi connectivity index (χ1v) is 6.41. The van der Waals surface area contributed by atoms with Gasteiger partial charge in [-0.05, 0) is 24.6 Å². The van der Waals surface area contributed by atoms with E-state index < -0.39 is 12.2 Å². The summed E-state index contributed by atoms with van der Waals surface area (Å²) in [5.41, 5.74) is 1.33. The summed E-state index contributed by atoms with van der Waals surface area (Å²) in [4.78, 5) is 13.3. The largest absolute Gasteiger partial charge is 0.389 e. The lowest BCUT2D eigenvalue weighted by atomic mass is 10.1. The maximum atomic E-state index is 11.9. The Morgan fingerprint density at radius 3 is 2.75 bits per heavy atom. The van der Waals surface area contributed by atoms with Crippen LogP contribution in [0.25, 0.3) is 0 Å². The molecule has 3 N–H and O–H groups in total. The summed E-state index contributed by atoms with van der Waals surface area (Å²) in [7, 11) is 3.08. The van der Waals surface area contributed by atoms with Crippen LogP contribution in [0.15, 0.2) is 24.3 Å². The summed E-state index contributed by atoms with van der Waals surface area (Å²) < 4.78 is 4.81. The van der Waals surface area contributed by atoms with E-state index in [9.17, 15) is 15.0 Å². The molecule has 0 spiro atoms. The van der Waals surface area contributed by atoms with Gasteiger partial charge in [0, 0.05) is 19.8 Å². The van der Waals surface area contributed by atoms with Gasteiger partial charge in [-0.2, -0.15) is 0 Å². The van der Waals surface area contributed by atoms with Crippen molar-refractivity contribution in [2.75, 3.05) is 32.6 Å². The fraction of sp³-hybridized carbons (Fsp3) is 0.500. The molecule has 1 aromatic rings. The van der Waals surface area contributed by atoms with Crippen LogP contribution in [0.5, 0.6) is 0 Å². The zero-order valence-electron chi connectivity index (χ0n) is 12.0. The average Bonchev–Trinajstić information content (AvgIpc) is 2.39. The second-order valence-electron chi connectivity index (χ2n) is 4.72. The number of urea groups is 1. The monoisotopic (exact) mass is 282 g/mol. The molecule has 0 heterocycles. The van der Waals surface area contributed by atoms with Crippen molar-refractivity contribution in [2.45, 2.75) is 19.1 Å². The Morgan fingerprint density at radius 1 is 1.45 bits per heavy atom. The number of methoxy groups -OCH3 is 1. The van der Waals surface area contributed by atoms with Crippen LogP contribution in [-0.2, 0) is 4.74 Å². The van der Waals surface area contributed by atoms with Gasteiger partial charge < -0.3 is 25.2 Å². The molecule has 0 saturated heterocycles. The Bertz CT molecular complexity index is 437. The van der Waals surface area contributed by atoms with Gasteiger partial charge in [0.25, 0.3) is 0 Å². The smallest absolute Gasteiger partial charge is 0.321 e. The third kappa shape index (κ3) is 5.16. The number of likely N-dealkylation sites (N-methyl/N-ethyl adjacent to an activating group) is 1. The quantitative estimate of drug-likeness (QED) is 0.732. The second-order valence-corrected chi connectivity index (χ2v) is 4.72. The molecule has 1 aromatic carbocycles. The molecule has 6 nitrogen and oxygen atoms in total. The number of nitrogens with one attached hydrogen (secondary N) is 1. The summed E-state index contributed by atoms with van der Waals surface area (Å²) in [5.74, 6) is 0. The topological polar surface area (TPSA) is 82.0 Å². The van der Waals surface area contributed by atoms with E-state index in [0.29, 0.717) is 5.69 Å². The van der Waals surface area contributed by atoms with Crippen molar-refractivity contribution >= 4 is 11.7 Å². The summed E-state index contributed by atoms with van der Waals surface area (Å²) in [6.45, 7) is 2.01. The van der Waals surface area contributed by atoms with Gasteiger partial charge in [-0.25, -0.2) is 4.79 Å². The number of nitrogens with zero attached hydrogens (tertiary/aromatic N) is 1. The number of ether oxygens (including phenoxy) is 1. The van der Waals surface area contributed by atoms with Crippen LogP contribution in [0.3, 0.4) is 0 Å². The maximum absolute atomic E-state index is 11.9. The minimum atomic E-state index is -0.723. The molecule has 0 aromatic heterocycles. The molecule has 6 heteroatoms. The molecule has 20 heavy (non-hydrogen) atoms. The first kappa shape index (κ1) is 16.4. The van der Waals surface area contributed by atoms with E-state index in [-0.39, 0.29) is 19.2 Å². The van der Waals surface area contributed by atoms with E-state index in [0.717, 1.165) is 5.56 Å². The molecule has 0 fully saturated rings. The van der Waals surface area contributed by atoms with Crippen LogP contribution in [-0.4, -0.2) is 54.6 Å². The molecular formula is C14H22N2O4. The number of aliphatic hydroxyl groups is 2. The molecule has 0 aliphatic rings. The van der Waals surface area contributed by atoms with Gasteiger partial charge in [-0.1, -0.05) is 12.1 Å². The second kappa shape index (κ2) is 7.84. The Morgan fingerprint density at radius 2 is 2.15 bits per heavy atom. The maximum Gasteiger partial charge on any atom is 0.321 e. The van der Waals surface area contributed by atoms with Gasteiger partial charge in [0.05, 0.1) is 25.4 Å². The highest BCUT2D eigenvalue weighted by atomic mass is 16.5. The number of hydrogen-bond donors (Lipinski definition) is 3. The molecule has 2 atom stereocenters. The van der Waals surface area contributed by atoms with Crippen molar-refractivity contribution in [2.24, 2.45) is 0 Å². The Balaban J connectivity index is 2.59. The summed E-state index contributed by atoms with van der Waals surface area (Å²) in [6, 6.07) is 6.66. The minimum Gasteiger partial charge on any atom is -0.389 e. The Kier molecular flexibility index (Phi) is 6.44. The van der Waals surface area contributed by atoms with E-state index in [1.165, 1.54) is 12.0 Å². The van der Waals surface area contributed by atoms with Crippen LogP contribution in [0.2, 0.25) is 0 Å². The highest BCUT2D eigenvalue weighted by molar-refractivity contribution is 5.89. The van der Waals surface area contributed by atoms with Crippen molar-refractivity contribution < 1.29 is 19.7 Å². The predicted octanol–water partition coefficient (Wildman–Crippen LogP) is 1.21. The molecule has 112 valence electrons. The third-order valence-electron chi connectivity index (χ3n) is 2.81. The van der Waals surface area contributed by atoms with Crippen molar-refractivity contribution in [3.05, 3.63) is 29.8 Å². The van der Waals surface area contributed by atoms with Crippen LogP contribution >= 0.6 is 0 Å². The average molecular weight is 282 g/mol. The molecule has 2 unspecified atom stereocenters. The van der Waals surface area contributed by atoms with Crippen LogP contribution in [0.1, 0.15) is 18.6 Å². The van der Waals surface area contributed by atoms with Crippen molar-refractivity contribution in [1.82, 2.24) is 4.90 Å². The fourth-order valence-electron chi connectivity index (χ4n) is 1.74. The van der Waals surface area contributed by atoms with E-state index in [4.69, 9.17) is 4.74 Å². The summed E-state index contributed by atoms with van der Waals surface area (Å²) >= 11 is 0. The zero-order chi connectivity index (χ0) is 15.1. The number of amides is 2. The van der Waals surface area contributed by atoms with Crippen LogP contribution < -0.4 is 5.32 Å². The van der Waals surface area contributed by atoms with Gasteiger partial charge >= 0.3 is 6.03 Å². The molecule has 0 radical (unpaired) electrons. The van der Waals surface area contributed by atoms with Crippen molar-refractivity contribution in [3.63, 3.8) is 0 Å². The normalized spacial score (nSPS) is 13.7. The summed E-state index contributed by atoms with van der Waals surface area (Å²) in [6.07, 6.45) is -1.31. The van der Waals surface area contributed by atoms with Gasteiger partial charge in [0.2, 0.25) is 0 Å². The van der Waals surface area contributed by atoms with Gasteiger partial charge in [0.1, 0.15) is 0 Å². The Labute approximate surface area is 119 Å². The first-order chi connectivity index (χ1) is 9.43. The minimum absolute atomic E-state index is 0.176. The highest BCUT2D eigenvalue weighted by Gasteiger charge is 2.14. The van der Waals surface area contributed by atoms with E-state index in [1.807, 2.05) is 0 Å².